The minimum absolute atomic E-state index is 0.843. The molecule has 6 heteroatoms. The molecule has 0 aliphatic rings. The Morgan fingerprint density at radius 1 is 0.411 bits per heavy atom. The summed E-state index contributed by atoms with van der Waals surface area (Å²) in [6.45, 7) is 0. The molecule has 8 aromatic carbocycles. The Balaban J connectivity index is 1.12. The van der Waals surface area contributed by atoms with E-state index in [0.717, 1.165) is 94.4 Å². The molecule has 0 amide bonds. The Labute approximate surface area is 320 Å². The Bertz CT molecular complexity index is 3480. The van der Waals surface area contributed by atoms with Crippen LogP contribution in [0.4, 0.5) is 0 Å². The molecular formula is C50H31N5O. The average Bonchev–Trinajstić information content (AvgIpc) is 4.04. The lowest BCUT2D eigenvalue weighted by molar-refractivity contribution is 0.669. The van der Waals surface area contributed by atoms with Crippen molar-refractivity contribution >= 4 is 65.6 Å². The van der Waals surface area contributed by atoms with E-state index in [4.69, 9.17) is 14.7 Å². The Kier molecular flexibility index (Phi) is 6.53. The Morgan fingerprint density at radius 3 is 1.84 bits per heavy atom. The van der Waals surface area contributed by atoms with Gasteiger partial charge in [0.2, 0.25) is 0 Å². The Morgan fingerprint density at radius 2 is 1.04 bits per heavy atom. The predicted molar refractivity (Wildman–Crippen MR) is 228 cm³/mol. The second-order valence-electron chi connectivity index (χ2n) is 14.3. The van der Waals surface area contributed by atoms with Crippen LogP contribution in [0.15, 0.2) is 192 Å². The van der Waals surface area contributed by atoms with Gasteiger partial charge in [-0.15, -0.1) is 5.10 Å². The van der Waals surface area contributed by atoms with Gasteiger partial charge in [-0.05, 0) is 60.7 Å². The van der Waals surface area contributed by atoms with Crippen molar-refractivity contribution in [1.29, 1.82) is 0 Å². The molecule has 262 valence electrons. The molecule has 0 bridgehead atoms. The van der Waals surface area contributed by atoms with E-state index in [9.17, 15) is 0 Å². The molecule has 0 aliphatic carbocycles. The quantitative estimate of drug-likeness (QED) is 0.178. The fourth-order valence-electron chi connectivity index (χ4n) is 8.86. The minimum atomic E-state index is 0.843. The molecule has 12 rings (SSSR count). The van der Waals surface area contributed by atoms with Crippen molar-refractivity contribution in [2.75, 3.05) is 0 Å². The second kappa shape index (κ2) is 11.9. The number of hydrogen-bond acceptors (Lipinski definition) is 3. The van der Waals surface area contributed by atoms with Crippen LogP contribution in [0, 0.1) is 0 Å². The first kappa shape index (κ1) is 30.7. The molecule has 0 N–H and O–H groups in total. The monoisotopic (exact) mass is 717 g/mol. The Hall–Kier alpha value is -7.70. The average molecular weight is 718 g/mol. The van der Waals surface area contributed by atoms with Crippen molar-refractivity contribution < 1.29 is 4.42 Å². The number of furan rings is 1. The first-order valence-corrected chi connectivity index (χ1v) is 18.9. The molecule has 0 saturated carbocycles. The number of para-hydroxylation sites is 3. The van der Waals surface area contributed by atoms with Crippen LogP contribution < -0.4 is 0 Å². The molecule has 0 atom stereocenters. The summed E-state index contributed by atoms with van der Waals surface area (Å²) in [5, 5.41) is 16.6. The van der Waals surface area contributed by atoms with Crippen LogP contribution in [0.5, 0.6) is 0 Å². The molecule has 0 fully saturated rings. The van der Waals surface area contributed by atoms with Crippen LogP contribution in [0.3, 0.4) is 0 Å². The lowest BCUT2D eigenvalue weighted by atomic mass is 10.0. The van der Waals surface area contributed by atoms with Crippen LogP contribution >= 0.6 is 0 Å². The predicted octanol–water partition coefficient (Wildman–Crippen LogP) is 12.7. The van der Waals surface area contributed by atoms with E-state index >= 15 is 0 Å². The maximum Gasteiger partial charge on any atom is 0.137 e. The third-order valence-electron chi connectivity index (χ3n) is 11.2. The maximum atomic E-state index is 6.41. The van der Waals surface area contributed by atoms with Gasteiger partial charge in [-0.3, -0.25) is 0 Å². The maximum absolute atomic E-state index is 6.41. The van der Waals surface area contributed by atoms with Gasteiger partial charge in [0.1, 0.15) is 22.6 Å². The number of aromatic nitrogens is 5. The SMILES string of the molecule is c1ccc(-c2nnn(-c3cccc4c3c3ccccc3n4-c3cccc(-n4c5ccccc5c5ccc6oc7ccccc7c6c54)c3)c2-c2ccccc2)cc1. The summed E-state index contributed by atoms with van der Waals surface area (Å²) in [5.74, 6) is 0. The van der Waals surface area contributed by atoms with Crippen LogP contribution in [-0.2, 0) is 0 Å². The molecule has 0 radical (unpaired) electrons. The molecule has 12 aromatic rings. The summed E-state index contributed by atoms with van der Waals surface area (Å²) in [6.07, 6.45) is 0. The summed E-state index contributed by atoms with van der Waals surface area (Å²) < 4.78 is 13.2. The summed E-state index contributed by atoms with van der Waals surface area (Å²) in [7, 11) is 0. The number of fused-ring (bicyclic) bond motifs is 10. The smallest absolute Gasteiger partial charge is 0.137 e. The molecule has 4 aromatic heterocycles. The van der Waals surface area contributed by atoms with Gasteiger partial charge in [0.05, 0.1) is 33.1 Å². The molecule has 6 nitrogen and oxygen atoms in total. The summed E-state index contributed by atoms with van der Waals surface area (Å²) in [6, 6.07) is 66.1. The van der Waals surface area contributed by atoms with E-state index in [1.54, 1.807) is 0 Å². The largest absolute Gasteiger partial charge is 0.456 e. The van der Waals surface area contributed by atoms with E-state index in [1.165, 1.54) is 10.8 Å². The molecular weight excluding hydrogens is 687 g/mol. The standard InChI is InChI=1S/C50H31N5O/c1-3-15-32(16-4-1)48-49(33-17-5-2-6-18-33)55(52-51-48)43-27-14-26-42-46(43)38-22-8-11-25-41(38)53(42)34-19-13-20-35(31-34)54-40-24-10-7-21-36(40)37-29-30-45-47(50(37)54)39-23-9-12-28-44(39)56-45/h1-31H. The van der Waals surface area contributed by atoms with Crippen LogP contribution in [0.2, 0.25) is 0 Å². The zero-order valence-electron chi connectivity index (χ0n) is 30.0. The number of benzene rings is 8. The number of nitrogens with zero attached hydrogens (tertiary/aromatic N) is 5. The highest BCUT2D eigenvalue weighted by molar-refractivity contribution is 6.24. The van der Waals surface area contributed by atoms with Crippen molar-refractivity contribution in [3.63, 3.8) is 0 Å². The third kappa shape index (κ3) is 4.38. The van der Waals surface area contributed by atoms with Crippen molar-refractivity contribution in [2.24, 2.45) is 0 Å². The van der Waals surface area contributed by atoms with Gasteiger partial charge in [0.15, 0.2) is 0 Å². The van der Waals surface area contributed by atoms with Crippen molar-refractivity contribution in [2.45, 2.75) is 0 Å². The summed E-state index contributed by atoms with van der Waals surface area (Å²) in [5.41, 5.74) is 13.2. The van der Waals surface area contributed by atoms with Crippen LogP contribution in [0.25, 0.3) is 105 Å². The van der Waals surface area contributed by atoms with Gasteiger partial charge in [0.25, 0.3) is 0 Å². The van der Waals surface area contributed by atoms with E-state index in [2.05, 4.69) is 167 Å². The van der Waals surface area contributed by atoms with Gasteiger partial charge in [-0.2, -0.15) is 0 Å². The topological polar surface area (TPSA) is 53.7 Å². The zero-order chi connectivity index (χ0) is 36.7. The molecule has 0 spiro atoms. The van der Waals surface area contributed by atoms with Gasteiger partial charge in [-0.25, -0.2) is 4.68 Å². The van der Waals surface area contributed by atoms with E-state index in [1.807, 2.05) is 35.0 Å². The molecule has 4 heterocycles. The van der Waals surface area contributed by atoms with Gasteiger partial charge in [-0.1, -0.05) is 133 Å². The minimum Gasteiger partial charge on any atom is -0.456 e. The van der Waals surface area contributed by atoms with Crippen molar-refractivity contribution in [3.8, 4) is 39.6 Å². The first-order chi connectivity index (χ1) is 27.8. The fourth-order valence-corrected chi connectivity index (χ4v) is 8.86. The van der Waals surface area contributed by atoms with Crippen LogP contribution in [-0.4, -0.2) is 24.1 Å². The van der Waals surface area contributed by atoms with Crippen LogP contribution in [0.1, 0.15) is 0 Å². The molecule has 56 heavy (non-hydrogen) atoms. The highest BCUT2D eigenvalue weighted by Crippen LogP contribution is 2.42. The molecule has 0 aliphatic heterocycles. The summed E-state index contributed by atoms with van der Waals surface area (Å²) >= 11 is 0. The number of hydrogen-bond donors (Lipinski definition) is 0. The lowest BCUT2D eigenvalue weighted by Crippen LogP contribution is -2.01. The first-order valence-electron chi connectivity index (χ1n) is 18.9. The highest BCUT2D eigenvalue weighted by Gasteiger charge is 2.23. The normalized spacial score (nSPS) is 11.9. The highest BCUT2D eigenvalue weighted by atomic mass is 16.3. The van der Waals surface area contributed by atoms with Crippen molar-refractivity contribution in [3.05, 3.63) is 188 Å². The lowest BCUT2D eigenvalue weighted by Gasteiger charge is -2.14. The third-order valence-corrected chi connectivity index (χ3v) is 11.2. The zero-order valence-corrected chi connectivity index (χ0v) is 30.0. The van der Waals surface area contributed by atoms with E-state index in [-0.39, 0.29) is 0 Å². The van der Waals surface area contributed by atoms with Gasteiger partial charge < -0.3 is 13.6 Å². The fraction of sp³-hybridized carbons (Fsp3) is 0. The molecule has 0 unspecified atom stereocenters. The molecule has 0 saturated heterocycles. The van der Waals surface area contributed by atoms with Gasteiger partial charge >= 0.3 is 0 Å². The van der Waals surface area contributed by atoms with Crippen molar-refractivity contribution in [1.82, 2.24) is 24.1 Å². The number of rotatable bonds is 5. The van der Waals surface area contributed by atoms with E-state index < -0.39 is 0 Å². The van der Waals surface area contributed by atoms with E-state index in [0.29, 0.717) is 0 Å². The summed E-state index contributed by atoms with van der Waals surface area (Å²) in [4.78, 5) is 0. The van der Waals surface area contributed by atoms with Gasteiger partial charge in [0, 0.05) is 49.4 Å². The second-order valence-corrected chi connectivity index (χ2v) is 14.3.